The van der Waals surface area contributed by atoms with Gasteiger partial charge in [0.1, 0.15) is 0 Å². The summed E-state index contributed by atoms with van der Waals surface area (Å²) in [7, 11) is 0. The van der Waals surface area contributed by atoms with Crippen LogP contribution in [-0.2, 0) is 5.75 Å². The summed E-state index contributed by atoms with van der Waals surface area (Å²) in [4.78, 5) is 0. The van der Waals surface area contributed by atoms with E-state index < -0.39 is 0 Å². The molecule has 0 unspecified atom stereocenters. The second-order valence-corrected chi connectivity index (χ2v) is 3.83. The van der Waals surface area contributed by atoms with Gasteiger partial charge in [0.2, 0.25) is 0 Å². The topological polar surface area (TPSA) is 0 Å². The summed E-state index contributed by atoms with van der Waals surface area (Å²) in [6, 6.07) is 10.5. The van der Waals surface area contributed by atoms with E-state index in [0.717, 1.165) is 17.1 Å². The van der Waals surface area contributed by atoms with E-state index in [1.807, 2.05) is 23.9 Å². The lowest BCUT2D eigenvalue weighted by Gasteiger charge is -2.00. The van der Waals surface area contributed by atoms with Gasteiger partial charge in [0.25, 0.3) is 0 Å². The summed E-state index contributed by atoms with van der Waals surface area (Å²) < 4.78 is 0. The normalized spacial score (nSPS) is 9.54. The van der Waals surface area contributed by atoms with Gasteiger partial charge in [-0.05, 0) is 11.1 Å². The molecule has 0 N–H and O–H groups in total. The number of rotatable bonds is 5. The molecule has 0 saturated heterocycles. The van der Waals surface area contributed by atoms with Gasteiger partial charge in [0.15, 0.2) is 0 Å². The lowest BCUT2D eigenvalue weighted by molar-refractivity contribution is 1.41. The van der Waals surface area contributed by atoms with Crippen LogP contribution in [-0.4, -0.2) is 5.75 Å². The second kappa shape index (κ2) is 5.65. The summed E-state index contributed by atoms with van der Waals surface area (Å²) in [5.74, 6) is 2.02. The van der Waals surface area contributed by atoms with Gasteiger partial charge < -0.3 is 0 Å². The Bertz CT molecular complexity index is 274. The Balaban J connectivity index is 2.28. The maximum Gasteiger partial charge on any atom is 0.0187 e. The van der Waals surface area contributed by atoms with Crippen molar-refractivity contribution in [1.82, 2.24) is 0 Å². The van der Waals surface area contributed by atoms with Crippen molar-refractivity contribution in [2.45, 2.75) is 5.75 Å². The largest absolute Gasteiger partial charge is 0.152 e. The quantitative estimate of drug-likeness (QED) is 0.638. The van der Waals surface area contributed by atoms with Crippen LogP contribution in [0.15, 0.2) is 55.1 Å². The predicted molar refractivity (Wildman–Crippen MR) is 61.9 cm³/mol. The molecule has 1 rings (SSSR count). The lowest BCUT2D eigenvalue weighted by Crippen LogP contribution is -1.83. The van der Waals surface area contributed by atoms with Crippen LogP contribution in [0, 0.1) is 0 Å². The summed E-state index contributed by atoms with van der Waals surface area (Å²) in [5, 5.41) is 0. The monoisotopic (exact) mass is 190 g/mol. The number of thioether (sulfide) groups is 1. The van der Waals surface area contributed by atoms with Crippen molar-refractivity contribution < 1.29 is 0 Å². The molecule has 68 valence electrons. The van der Waals surface area contributed by atoms with Crippen molar-refractivity contribution in [3.8, 4) is 0 Å². The molecule has 0 bridgehead atoms. The molecule has 0 aliphatic rings. The van der Waals surface area contributed by atoms with Gasteiger partial charge >= 0.3 is 0 Å². The summed E-state index contributed by atoms with van der Waals surface area (Å²) in [6.07, 6.45) is 1.82. The molecular formula is C12H14S. The van der Waals surface area contributed by atoms with Crippen LogP contribution in [0.4, 0.5) is 0 Å². The first-order valence-electron chi connectivity index (χ1n) is 4.25. The highest BCUT2D eigenvalue weighted by Gasteiger charge is 1.92. The molecule has 0 atom stereocenters. The Hall–Kier alpha value is -0.950. The molecule has 0 aromatic heterocycles. The Kier molecular flexibility index (Phi) is 4.41. The molecule has 1 aromatic rings. The highest BCUT2D eigenvalue weighted by molar-refractivity contribution is 7.98. The molecule has 0 aliphatic carbocycles. The molecule has 0 radical (unpaired) electrons. The van der Waals surface area contributed by atoms with E-state index in [0.29, 0.717) is 0 Å². The molecule has 0 aliphatic heterocycles. The molecule has 0 heterocycles. The molecule has 1 aromatic carbocycles. The van der Waals surface area contributed by atoms with Crippen LogP contribution in [0.1, 0.15) is 5.56 Å². The van der Waals surface area contributed by atoms with E-state index in [4.69, 9.17) is 0 Å². The number of allylic oxidation sites excluding steroid dienone is 1. The van der Waals surface area contributed by atoms with Crippen LogP contribution in [0.5, 0.6) is 0 Å². The van der Waals surface area contributed by atoms with Gasteiger partial charge in [-0.3, -0.25) is 0 Å². The fourth-order valence-corrected chi connectivity index (χ4v) is 1.84. The number of benzene rings is 1. The molecule has 0 saturated carbocycles. The zero-order valence-electron chi connectivity index (χ0n) is 7.70. The Morgan fingerprint density at radius 1 is 1.31 bits per heavy atom. The van der Waals surface area contributed by atoms with Gasteiger partial charge in [-0.1, -0.05) is 49.6 Å². The van der Waals surface area contributed by atoms with Crippen molar-refractivity contribution >= 4 is 11.8 Å². The molecule has 1 heteroatoms. The van der Waals surface area contributed by atoms with Crippen LogP contribution in [0.25, 0.3) is 0 Å². The smallest absolute Gasteiger partial charge is 0.0187 e. The van der Waals surface area contributed by atoms with E-state index in [1.165, 1.54) is 5.56 Å². The van der Waals surface area contributed by atoms with E-state index in [1.54, 1.807) is 0 Å². The average molecular weight is 190 g/mol. The Morgan fingerprint density at radius 2 is 2.00 bits per heavy atom. The third-order valence-electron chi connectivity index (χ3n) is 1.69. The third-order valence-corrected chi connectivity index (χ3v) is 2.80. The van der Waals surface area contributed by atoms with E-state index in [-0.39, 0.29) is 0 Å². The number of hydrogen-bond donors (Lipinski definition) is 0. The third kappa shape index (κ3) is 4.00. The minimum absolute atomic E-state index is 0.971. The van der Waals surface area contributed by atoms with Crippen molar-refractivity contribution in [2.75, 3.05) is 5.75 Å². The Labute approximate surface area is 84.4 Å². The van der Waals surface area contributed by atoms with Crippen molar-refractivity contribution in [3.05, 3.63) is 60.7 Å². The minimum atomic E-state index is 0.971. The molecule has 0 amide bonds. The molecule has 0 fully saturated rings. The van der Waals surface area contributed by atoms with Crippen molar-refractivity contribution in [3.63, 3.8) is 0 Å². The van der Waals surface area contributed by atoms with Crippen LogP contribution < -0.4 is 0 Å². The number of hydrogen-bond acceptors (Lipinski definition) is 1. The summed E-state index contributed by atoms with van der Waals surface area (Å²) >= 11 is 1.87. The fourth-order valence-electron chi connectivity index (χ4n) is 0.933. The fraction of sp³-hybridized carbons (Fsp3) is 0.167. The van der Waals surface area contributed by atoms with Crippen molar-refractivity contribution in [1.29, 1.82) is 0 Å². The zero-order chi connectivity index (χ0) is 9.52. The first kappa shape index (κ1) is 10.1. The summed E-state index contributed by atoms with van der Waals surface area (Å²) in [6.45, 7) is 7.54. The maximum absolute atomic E-state index is 3.87. The first-order chi connectivity index (χ1) is 6.33. The maximum atomic E-state index is 3.87. The zero-order valence-corrected chi connectivity index (χ0v) is 8.52. The van der Waals surface area contributed by atoms with Crippen LogP contribution in [0.3, 0.4) is 0 Å². The second-order valence-electron chi connectivity index (χ2n) is 2.84. The minimum Gasteiger partial charge on any atom is -0.152 e. The average Bonchev–Trinajstić information content (AvgIpc) is 2.19. The standard InChI is InChI=1S/C12H14S/c1-3-11(2)9-13-10-12-7-5-4-6-8-12/h3-8H,1-2,9-10H2. The van der Waals surface area contributed by atoms with Gasteiger partial charge in [-0.15, -0.1) is 0 Å². The van der Waals surface area contributed by atoms with Crippen LogP contribution in [0.2, 0.25) is 0 Å². The van der Waals surface area contributed by atoms with Gasteiger partial charge in [0.05, 0.1) is 0 Å². The summed E-state index contributed by atoms with van der Waals surface area (Å²) in [5.41, 5.74) is 2.46. The van der Waals surface area contributed by atoms with Crippen LogP contribution >= 0.6 is 11.8 Å². The SMILES string of the molecule is C=CC(=C)CSCc1ccccc1. The molecule has 0 spiro atoms. The van der Waals surface area contributed by atoms with Gasteiger partial charge in [-0.25, -0.2) is 0 Å². The molecule has 0 nitrogen and oxygen atoms in total. The van der Waals surface area contributed by atoms with E-state index >= 15 is 0 Å². The first-order valence-corrected chi connectivity index (χ1v) is 5.40. The molecule has 13 heavy (non-hydrogen) atoms. The molecular weight excluding hydrogens is 176 g/mol. The van der Waals surface area contributed by atoms with Crippen molar-refractivity contribution in [2.24, 2.45) is 0 Å². The lowest BCUT2D eigenvalue weighted by atomic mass is 10.2. The van der Waals surface area contributed by atoms with E-state index in [9.17, 15) is 0 Å². The van der Waals surface area contributed by atoms with Gasteiger partial charge in [0, 0.05) is 11.5 Å². The highest BCUT2D eigenvalue weighted by Crippen LogP contribution is 2.14. The van der Waals surface area contributed by atoms with E-state index in [2.05, 4.69) is 37.4 Å². The highest BCUT2D eigenvalue weighted by atomic mass is 32.2. The Morgan fingerprint density at radius 3 is 2.62 bits per heavy atom. The predicted octanol–water partition coefficient (Wildman–Crippen LogP) is 3.66. The van der Waals surface area contributed by atoms with Gasteiger partial charge in [-0.2, -0.15) is 11.8 Å².